The molecule has 0 unspecified atom stereocenters. The van der Waals surface area contributed by atoms with Gasteiger partial charge in [-0.05, 0) is 31.2 Å². The van der Waals surface area contributed by atoms with Crippen molar-refractivity contribution in [2.24, 2.45) is 0 Å². The van der Waals surface area contributed by atoms with Crippen LogP contribution in [-0.4, -0.2) is 46.7 Å². The summed E-state index contributed by atoms with van der Waals surface area (Å²) in [6.07, 6.45) is 4.87. The third kappa shape index (κ3) is 6.08. The fourth-order valence-corrected chi connectivity index (χ4v) is 4.63. The zero-order chi connectivity index (χ0) is 25.9. The van der Waals surface area contributed by atoms with E-state index in [1.807, 2.05) is 24.0 Å². The monoisotopic (exact) mass is 597 g/mol. The van der Waals surface area contributed by atoms with Crippen LogP contribution in [0.15, 0.2) is 71.9 Å². The minimum atomic E-state index is -1.55. The van der Waals surface area contributed by atoms with Crippen LogP contribution >= 0.6 is 0 Å². The maximum Gasteiger partial charge on any atom is 2.00 e. The van der Waals surface area contributed by atoms with E-state index in [1.165, 1.54) is 6.20 Å². The molecule has 1 saturated heterocycles. The van der Waals surface area contributed by atoms with E-state index >= 15 is 0 Å². The molecule has 39 heavy (non-hydrogen) atoms. The molecule has 1 N–H and O–H groups in total. The fraction of sp³-hybridized carbons (Fsp3) is 0.214. The van der Waals surface area contributed by atoms with Crippen molar-refractivity contribution < 1.29 is 46.2 Å². The average Bonchev–Trinajstić information content (AvgIpc) is 2.94. The maximum atomic E-state index is 14.5. The van der Waals surface area contributed by atoms with E-state index in [1.54, 1.807) is 23.0 Å². The van der Waals surface area contributed by atoms with Crippen molar-refractivity contribution in [3.8, 4) is 0 Å². The first-order valence-corrected chi connectivity index (χ1v) is 12.1. The van der Waals surface area contributed by atoms with Crippen LogP contribution in [0.2, 0.25) is 0 Å². The van der Waals surface area contributed by atoms with Crippen molar-refractivity contribution in [3.05, 3.63) is 88.7 Å². The van der Waals surface area contributed by atoms with Crippen molar-refractivity contribution in [2.45, 2.75) is 13.5 Å². The Morgan fingerprint density at radius 3 is 2.15 bits per heavy atom. The van der Waals surface area contributed by atoms with Gasteiger partial charge in [0.2, 0.25) is 0 Å². The number of carbonyl (C=O) groups is 1. The summed E-state index contributed by atoms with van der Waals surface area (Å²) in [5.74, 6) is -2.07. The smallest absolute Gasteiger partial charge is 1.00 e. The first-order chi connectivity index (χ1) is 18.0. The van der Waals surface area contributed by atoms with Crippen LogP contribution in [0.4, 0.5) is 10.1 Å². The molecule has 1 aliphatic rings. The molecule has 0 aliphatic carbocycles. The molecule has 0 radical (unpaired) electrons. The van der Waals surface area contributed by atoms with E-state index < -0.39 is 22.8 Å². The third-order valence-corrected chi connectivity index (χ3v) is 6.51. The van der Waals surface area contributed by atoms with Crippen LogP contribution in [0.3, 0.4) is 0 Å². The number of hydrogen-bond acceptors (Lipinski definition) is 7. The number of carboxylic acids is 1. The van der Waals surface area contributed by atoms with Crippen LogP contribution in [-0.2, 0) is 26.0 Å². The number of anilines is 1. The predicted molar refractivity (Wildman–Crippen MR) is 140 cm³/mol. The van der Waals surface area contributed by atoms with Crippen LogP contribution < -0.4 is 33.2 Å². The molecule has 0 spiro atoms. The number of aromatic carboxylic acids is 1. The second-order valence-corrected chi connectivity index (χ2v) is 8.72. The Kier molecular flexibility index (Phi) is 10.1. The second kappa shape index (κ2) is 13.1. The molecule has 8 nitrogen and oxygen atoms in total. The molecule has 4 heterocycles. The van der Waals surface area contributed by atoms with Gasteiger partial charge < -0.3 is 37.1 Å². The molecule has 1 aliphatic heterocycles. The molecule has 1 fully saturated rings. The van der Waals surface area contributed by atoms with Gasteiger partial charge in [0.15, 0.2) is 5.43 Å². The number of carboxylic acid groups (broad SMARTS) is 1. The zero-order valence-electron chi connectivity index (χ0n) is 21.4. The van der Waals surface area contributed by atoms with Gasteiger partial charge in [-0.15, -0.1) is 0 Å². The number of halogens is 2. The van der Waals surface area contributed by atoms with Gasteiger partial charge in [-0.2, -0.15) is 0 Å². The molecule has 196 valence electrons. The predicted octanol–water partition coefficient (Wildman–Crippen LogP) is -0.282. The first kappa shape index (κ1) is 30.1. The standard InChI is InChI=1S/C16H18FN3O3.C12H8N2.ClH.Zn/c1-2-19-9-11(16(22)23)15(21)10-7-12(17)14(8-13(10)19)20-5-3-18-4-6-20;1-3-9-5-6-10-4-2-8-14-12(10)11(9)13-7-1;;/h7-9,18H,2-6H2,1H3,(H,22,23);1-8H;1H;/q;;;+2/p-2. The largest absolute Gasteiger partial charge is 2.00 e. The Morgan fingerprint density at radius 2 is 1.62 bits per heavy atom. The fourth-order valence-electron chi connectivity index (χ4n) is 4.63. The number of hydrogen-bond donors (Lipinski definition) is 1. The molecule has 0 atom stereocenters. The van der Waals surface area contributed by atoms with Crippen molar-refractivity contribution in [1.82, 2.24) is 19.9 Å². The molecule has 3 aromatic heterocycles. The normalized spacial score (nSPS) is 12.8. The van der Waals surface area contributed by atoms with Crippen LogP contribution in [0, 0.1) is 5.82 Å². The number of aryl methyl sites for hydroxylation is 1. The number of aromatic nitrogens is 3. The number of nitrogens with zero attached hydrogens (tertiary/aromatic N) is 4. The summed E-state index contributed by atoms with van der Waals surface area (Å²) in [7, 11) is 0. The Hall–Kier alpha value is -3.46. The molecule has 5 aromatic rings. The van der Waals surface area contributed by atoms with Crippen molar-refractivity contribution in [1.29, 1.82) is 0 Å². The maximum absolute atomic E-state index is 14.5. The number of nitrogens with one attached hydrogen (secondary N) is 1. The van der Waals surface area contributed by atoms with Gasteiger partial charge in [-0.3, -0.25) is 14.8 Å². The molecular formula is C28H25ClFN5O3Zn. The molecule has 0 bridgehead atoms. The van der Waals surface area contributed by atoms with Crippen molar-refractivity contribution >= 4 is 44.4 Å². The van der Waals surface area contributed by atoms with Gasteiger partial charge in [0.1, 0.15) is 5.82 Å². The summed E-state index contributed by atoms with van der Waals surface area (Å²) >= 11 is 0. The molecular weight excluding hydrogens is 574 g/mol. The number of rotatable bonds is 3. The van der Waals surface area contributed by atoms with Crippen LogP contribution in [0.25, 0.3) is 32.7 Å². The van der Waals surface area contributed by atoms with Gasteiger partial charge in [0.05, 0.1) is 33.8 Å². The zero-order valence-corrected chi connectivity index (χ0v) is 25.1. The van der Waals surface area contributed by atoms with E-state index in [9.17, 15) is 19.1 Å². The van der Waals surface area contributed by atoms with E-state index in [0.29, 0.717) is 30.8 Å². The Labute approximate surface area is 243 Å². The molecule has 11 heteroatoms. The average molecular weight is 599 g/mol. The summed E-state index contributed by atoms with van der Waals surface area (Å²) in [6, 6.07) is 14.9. The number of fused-ring (bicyclic) bond motifs is 4. The molecule has 6 rings (SSSR count). The van der Waals surface area contributed by atoms with E-state index in [0.717, 1.165) is 41.0 Å². The van der Waals surface area contributed by atoms with Crippen LogP contribution in [0.5, 0.6) is 0 Å². The molecule has 0 saturated carbocycles. The summed E-state index contributed by atoms with van der Waals surface area (Å²) in [5, 5.41) is 16.6. The minimum absolute atomic E-state index is 0. The number of carbonyl (C=O) groups excluding carboxylic acids is 1. The van der Waals surface area contributed by atoms with Gasteiger partial charge in [-0.25, -0.2) is 4.39 Å². The Balaban J connectivity index is 0.000000226. The third-order valence-electron chi connectivity index (χ3n) is 6.51. The van der Waals surface area contributed by atoms with E-state index in [2.05, 4.69) is 39.6 Å². The first-order valence-electron chi connectivity index (χ1n) is 12.1. The molecule has 0 amide bonds. The summed E-state index contributed by atoms with van der Waals surface area (Å²) in [4.78, 5) is 34.0. The number of pyridine rings is 3. The Bertz CT molecular complexity index is 1640. The Morgan fingerprint density at radius 1 is 1.03 bits per heavy atom. The minimum Gasteiger partial charge on any atom is -1.00 e. The molecule has 2 aromatic carbocycles. The topological polar surface area (TPSA) is 103 Å². The van der Waals surface area contributed by atoms with Gasteiger partial charge in [0, 0.05) is 67.5 Å². The van der Waals surface area contributed by atoms with E-state index in [4.69, 9.17) is 0 Å². The van der Waals surface area contributed by atoms with E-state index in [-0.39, 0.29) is 37.3 Å². The summed E-state index contributed by atoms with van der Waals surface area (Å²) in [6.45, 7) is 5.18. The van der Waals surface area contributed by atoms with Gasteiger partial charge >= 0.3 is 19.5 Å². The summed E-state index contributed by atoms with van der Waals surface area (Å²) < 4.78 is 16.1. The van der Waals surface area contributed by atoms with Gasteiger partial charge in [-0.1, -0.05) is 24.3 Å². The number of piperazine rings is 1. The van der Waals surface area contributed by atoms with Crippen molar-refractivity contribution in [2.75, 3.05) is 31.1 Å². The quantitative estimate of drug-likeness (QED) is 0.225. The summed E-state index contributed by atoms with van der Waals surface area (Å²) in [5.41, 5.74) is 1.75. The van der Waals surface area contributed by atoms with Crippen molar-refractivity contribution in [3.63, 3.8) is 0 Å². The van der Waals surface area contributed by atoms with Gasteiger partial charge in [0.25, 0.3) is 0 Å². The SMILES string of the molecule is CCn1cc(C(=O)[O-])c(=O)c2cc(F)c(N3CCNCC3)cc21.[Cl-].[Zn+2].c1cnc2c(c1)ccc1cccnc12. The second-order valence-electron chi connectivity index (χ2n) is 8.72. The van der Waals surface area contributed by atoms with Crippen LogP contribution in [0.1, 0.15) is 17.3 Å². The number of benzene rings is 2.